The van der Waals surface area contributed by atoms with Gasteiger partial charge in [0.25, 0.3) is 0 Å². The summed E-state index contributed by atoms with van der Waals surface area (Å²) in [5, 5.41) is 9.32. The average molecular weight is 320 g/mol. The van der Waals surface area contributed by atoms with Gasteiger partial charge in [-0.3, -0.25) is 0 Å². The molecule has 1 aromatic carbocycles. The van der Waals surface area contributed by atoms with Gasteiger partial charge in [0.2, 0.25) is 5.88 Å². The Morgan fingerprint density at radius 1 is 1.39 bits per heavy atom. The van der Waals surface area contributed by atoms with E-state index in [-0.39, 0.29) is 35.0 Å². The number of nitriles is 1. The van der Waals surface area contributed by atoms with Gasteiger partial charge in [-0.25, -0.2) is 13.6 Å². The summed E-state index contributed by atoms with van der Waals surface area (Å²) in [6.45, 7) is 3.18. The van der Waals surface area contributed by atoms with Gasteiger partial charge in [-0.1, -0.05) is 0 Å². The molecule has 5 nitrogen and oxygen atoms in total. The van der Waals surface area contributed by atoms with Crippen LogP contribution in [0.3, 0.4) is 0 Å². The smallest absolute Gasteiger partial charge is 0.338 e. The molecule has 1 aromatic rings. The lowest BCUT2D eigenvalue weighted by molar-refractivity contribution is -0.139. The van der Waals surface area contributed by atoms with Gasteiger partial charge in [0.05, 0.1) is 18.1 Å². The van der Waals surface area contributed by atoms with Crippen LogP contribution in [0.5, 0.6) is 0 Å². The van der Waals surface area contributed by atoms with Crippen LogP contribution in [0.4, 0.5) is 8.78 Å². The summed E-state index contributed by atoms with van der Waals surface area (Å²) >= 11 is 0. The highest BCUT2D eigenvalue weighted by molar-refractivity contribution is 5.92. The number of carbonyl (C=O) groups is 1. The second kappa shape index (κ2) is 6.48. The van der Waals surface area contributed by atoms with Gasteiger partial charge in [-0.2, -0.15) is 5.26 Å². The van der Waals surface area contributed by atoms with Gasteiger partial charge < -0.3 is 15.2 Å². The van der Waals surface area contributed by atoms with Crippen molar-refractivity contribution < 1.29 is 23.0 Å². The van der Waals surface area contributed by atoms with Gasteiger partial charge in [-0.15, -0.1) is 0 Å². The SMILES string of the molecule is CCOC(=O)C1=C(C)OC(N)=C(C#N)C1c1cc(F)cc(F)c1. The van der Waals surface area contributed by atoms with Crippen molar-refractivity contribution in [1.29, 1.82) is 5.26 Å². The van der Waals surface area contributed by atoms with E-state index in [4.69, 9.17) is 15.2 Å². The van der Waals surface area contributed by atoms with E-state index in [1.54, 1.807) is 6.92 Å². The molecule has 2 N–H and O–H groups in total. The molecule has 0 fully saturated rings. The van der Waals surface area contributed by atoms with Gasteiger partial charge in [0.1, 0.15) is 29.0 Å². The van der Waals surface area contributed by atoms with Crippen LogP contribution in [0.2, 0.25) is 0 Å². The van der Waals surface area contributed by atoms with Crippen LogP contribution in [0.1, 0.15) is 25.3 Å². The van der Waals surface area contributed by atoms with Crippen molar-refractivity contribution in [2.24, 2.45) is 5.73 Å². The molecule has 0 radical (unpaired) electrons. The van der Waals surface area contributed by atoms with Crippen molar-refractivity contribution in [2.75, 3.05) is 6.61 Å². The zero-order valence-corrected chi connectivity index (χ0v) is 12.5. The molecule has 1 aliphatic heterocycles. The Kier molecular flexibility index (Phi) is 4.65. The Bertz CT molecular complexity index is 743. The van der Waals surface area contributed by atoms with Crippen LogP contribution in [0.15, 0.2) is 41.0 Å². The first-order valence-corrected chi connectivity index (χ1v) is 6.80. The molecule has 0 amide bonds. The topological polar surface area (TPSA) is 85.3 Å². The number of esters is 1. The number of hydrogen-bond acceptors (Lipinski definition) is 5. The first kappa shape index (κ1) is 16.5. The second-order valence-corrected chi connectivity index (χ2v) is 4.82. The molecule has 1 aliphatic rings. The van der Waals surface area contributed by atoms with E-state index in [2.05, 4.69) is 0 Å². The number of carbonyl (C=O) groups excluding carboxylic acids is 1. The molecule has 120 valence electrons. The van der Waals surface area contributed by atoms with E-state index in [9.17, 15) is 18.8 Å². The maximum Gasteiger partial charge on any atom is 0.338 e. The highest BCUT2D eigenvalue weighted by Crippen LogP contribution is 2.39. The Morgan fingerprint density at radius 2 is 2.00 bits per heavy atom. The lowest BCUT2D eigenvalue weighted by Crippen LogP contribution is -2.25. The third-order valence-corrected chi connectivity index (χ3v) is 3.32. The first-order valence-electron chi connectivity index (χ1n) is 6.80. The van der Waals surface area contributed by atoms with E-state index < -0.39 is 23.5 Å². The number of rotatable bonds is 3. The van der Waals surface area contributed by atoms with E-state index in [1.165, 1.54) is 6.92 Å². The van der Waals surface area contributed by atoms with Crippen LogP contribution < -0.4 is 5.73 Å². The van der Waals surface area contributed by atoms with Crippen molar-refractivity contribution in [3.63, 3.8) is 0 Å². The van der Waals surface area contributed by atoms with Crippen LogP contribution in [-0.2, 0) is 14.3 Å². The summed E-state index contributed by atoms with van der Waals surface area (Å²) in [4.78, 5) is 12.2. The monoisotopic (exact) mass is 320 g/mol. The second-order valence-electron chi connectivity index (χ2n) is 4.82. The number of benzene rings is 1. The fourth-order valence-electron chi connectivity index (χ4n) is 2.43. The van der Waals surface area contributed by atoms with Gasteiger partial charge in [0.15, 0.2) is 0 Å². The van der Waals surface area contributed by atoms with E-state index >= 15 is 0 Å². The molecular formula is C16H14F2N2O3. The van der Waals surface area contributed by atoms with Crippen LogP contribution >= 0.6 is 0 Å². The normalized spacial score (nSPS) is 17.6. The molecule has 0 spiro atoms. The fourth-order valence-corrected chi connectivity index (χ4v) is 2.43. The molecule has 0 aliphatic carbocycles. The molecular weight excluding hydrogens is 306 g/mol. The van der Waals surface area contributed by atoms with E-state index in [1.807, 2.05) is 6.07 Å². The van der Waals surface area contributed by atoms with Crippen molar-refractivity contribution in [3.8, 4) is 6.07 Å². The third-order valence-electron chi connectivity index (χ3n) is 3.32. The number of allylic oxidation sites excluding steroid dienone is 2. The Morgan fingerprint density at radius 3 is 2.52 bits per heavy atom. The minimum Gasteiger partial charge on any atom is -0.463 e. The predicted octanol–water partition coefficient (Wildman–Crippen LogP) is 2.61. The van der Waals surface area contributed by atoms with Crippen LogP contribution in [-0.4, -0.2) is 12.6 Å². The maximum atomic E-state index is 13.6. The standard InChI is InChI=1S/C16H14F2N2O3/c1-3-22-16(21)13-8(2)23-15(20)12(7-19)14(13)9-4-10(17)6-11(18)5-9/h4-6,14H,3,20H2,1-2H3. The molecule has 0 bridgehead atoms. The van der Waals surface area contributed by atoms with Gasteiger partial charge in [-0.05, 0) is 31.5 Å². The molecule has 0 saturated heterocycles. The van der Waals surface area contributed by atoms with E-state index in [0.717, 1.165) is 12.1 Å². The van der Waals surface area contributed by atoms with Crippen LogP contribution in [0.25, 0.3) is 0 Å². The highest BCUT2D eigenvalue weighted by Gasteiger charge is 2.36. The van der Waals surface area contributed by atoms with E-state index in [0.29, 0.717) is 6.07 Å². The molecule has 1 unspecified atom stereocenters. The summed E-state index contributed by atoms with van der Waals surface area (Å²) < 4.78 is 37.3. The quantitative estimate of drug-likeness (QED) is 0.865. The largest absolute Gasteiger partial charge is 0.463 e. The maximum absolute atomic E-state index is 13.6. The first-order chi connectivity index (χ1) is 10.9. The number of halogens is 2. The summed E-state index contributed by atoms with van der Waals surface area (Å²) in [5.74, 6) is -3.55. The molecule has 23 heavy (non-hydrogen) atoms. The minimum absolute atomic E-state index is 0.0115. The van der Waals surface area contributed by atoms with Crippen molar-refractivity contribution in [3.05, 3.63) is 58.2 Å². The Balaban J connectivity index is 2.66. The van der Waals surface area contributed by atoms with Gasteiger partial charge >= 0.3 is 5.97 Å². The summed E-state index contributed by atoms with van der Waals surface area (Å²) in [5.41, 5.74) is 5.64. The van der Waals surface area contributed by atoms with Crippen molar-refractivity contribution in [1.82, 2.24) is 0 Å². The Labute approximate surface area is 131 Å². The third kappa shape index (κ3) is 3.16. The average Bonchev–Trinajstić information content (AvgIpc) is 2.45. The summed E-state index contributed by atoms with van der Waals surface area (Å²) in [6, 6.07) is 4.60. The molecule has 0 saturated carbocycles. The zero-order chi connectivity index (χ0) is 17.1. The molecule has 7 heteroatoms. The fraction of sp³-hybridized carbons (Fsp3) is 0.250. The van der Waals surface area contributed by atoms with Crippen molar-refractivity contribution >= 4 is 5.97 Å². The summed E-state index contributed by atoms with van der Waals surface area (Å²) in [6.07, 6.45) is 0. The molecule has 1 atom stereocenters. The lowest BCUT2D eigenvalue weighted by Gasteiger charge is -2.26. The molecule has 0 aromatic heterocycles. The zero-order valence-electron chi connectivity index (χ0n) is 12.5. The van der Waals surface area contributed by atoms with Gasteiger partial charge in [0, 0.05) is 6.07 Å². The number of hydrogen-bond donors (Lipinski definition) is 1. The summed E-state index contributed by atoms with van der Waals surface area (Å²) in [7, 11) is 0. The minimum atomic E-state index is -1.06. The van der Waals surface area contributed by atoms with Crippen LogP contribution in [0, 0.1) is 23.0 Å². The number of nitrogens with two attached hydrogens (primary N) is 1. The lowest BCUT2D eigenvalue weighted by atomic mass is 9.83. The Hall–Kier alpha value is -2.88. The highest BCUT2D eigenvalue weighted by atomic mass is 19.1. The predicted molar refractivity (Wildman–Crippen MR) is 76.3 cm³/mol. The molecule has 2 rings (SSSR count). The molecule has 1 heterocycles. The number of nitrogens with zero attached hydrogens (tertiary/aromatic N) is 1. The van der Waals surface area contributed by atoms with Crippen molar-refractivity contribution in [2.45, 2.75) is 19.8 Å². The number of ether oxygens (including phenoxy) is 2.